The van der Waals surface area contributed by atoms with Gasteiger partial charge in [-0.25, -0.2) is 9.97 Å². The van der Waals surface area contributed by atoms with E-state index in [2.05, 4.69) is 132 Å². The highest BCUT2D eigenvalue weighted by molar-refractivity contribution is 5.93. The van der Waals surface area contributed by atoms with Crippen molar-refractivity contribution in [3.63, 3.8) is 0 Å². The van der Waals surface area contributed by atoms with Crippen LogP contribution in [0.15, 0.2) is 98.1 Å². The first kappa shape index (κ1) is 23.6. The summed E-state index contributed by atoms with van der Waals surface area (Å²) in [5.74, 6) is 0. The van der Waals surface area contributed by atoms with E-state index in [1.807, 2.05) is 12.2 Å². The van der Waals surface area contributed by atoms with E-state index in [1.165, 1.54) is 0 Å². The van der Waals surface area contributed by atoms with Gasteiger partial charge in [0.1, 0.15) is 0 Å². The minimum Gasteiger partial charge on any atom is -0.355 e. The Bertz CT molecular complexity index is 1900. The molecule has 40 heavy (non-hydrogen) atoms. The lowest BCUT2D eigenvalue weighted by Crippen LogP contribution is -1.87. The second-order valence-electron chi connectivity index (χ2n) is 9.86. The number of benzene rings is 2. The molecule has 3 aromatic heterocycles. The van der Waals surface area contributed by atoms with Crippen molar-refractivity contribution in [2.75, 3.05) is 0 Å². The van der Waals surface area contributed by atoms with Gasteiger partial charge in [-0.05, 0) is 95.1 Å². The van der Waals surface area contributed by atoms with Crippen molar-refractivity contribution in [3.8, 4) is 22.3 Å². The molecule has 4 nitrogen and oxygen atoms in total. The zero-order valence-electron chi connectivity index (χ0n) is 21.9. The molecule has 0 unspecified atom stereocenters. The van der Waals surface area contributed by atoms with Crippen LogP contribution in [0.25, 0.3) is 80.8 Å². The van der Waals surface area contributed by atoms with Crippen molar-refractivity contribution >= 4 is 58.5 Å². The number of hydrogen-bond donors (Lipinski definition) is 2. The maximum atomic E-state index is 5.03. The topological polar surface area (TPSA) is 57.4 Å². The third kappa shape index (κ3) is 4.32. The summed E-state index contributed by atoms with van der Waals surface area (Å²) >= 11 is 0. The van der Waals surface area contributed by atoms with E-state index in [9.17, 15) is 0 Å². The average molecular weight is 515 g/mol. The summed E-state index contributed by atoms with van der Waals surface area (Å²) in [6.07, 6.45) is 12.0. The molecule has 2 aliphatic rings. The fourth-order valence-electron chi connectivity index (χ4n) is 5.32. The molecule has 0 fully saturated rings. The van der Waals surface area contributed by atoms with E-state index in [1.54, 1.807) is 0 Å². The Morgan fingerprint density at radius 1 is 0.525 bits per heavy atom. The lowest BCUT2D eigenvalue weighted by molar-refractivity contribution is 1.31. The maximum absolute atomic E-state index is 5.03. The molecule has 7 rings (SSSR count). The number of hydrogen-bond acceptors (Lipinski definition) is 2. The minimum absolute atomic E-state index is 0.884. The van der Waals surface area contributed by atoms with Crippen molar-refractivity contribution in [3.05, 3.63) is 132 Å². The quantitative estimate of drug-likeness (QED) is 0.246. The normalized spacial score (nSPS) is 12.0. The number of aromatic amines is 2. The second-order valence-corrected chi connectivity index (χ2v) is 9.86. The minimum atomic E-state index is 0.884. The Morgan fingerprint density at radius 3 is 1.45 bits per heavy atom. The predicted molar refractivity (Wildman–Crippen MR) is 170 cm³/mol. The number of nitrogens with zero attached hydrogens (tertiary/aromatic N) is 2. The summed E-state index contributed by atoms with van der Waals surface area (Å²) in [5, 5.41) is 0. The first-order valence-corrected chi connectivity index (χ1v) is 13.2. The highest BCUT2D eigenvalue weighted by Gasteiger charge is 2.13. The van der Waals surface area contributed by atoms with Crippen molar-refractivity contribution in [1.29, 1.82) is 0 Å². The van der Waals surface area contributed by atoms with Gasteiger partial charge < -0.3 is 9.97 Å². The van der Waals surface area contributed by atoms with Crippen LogP contribution >= 0.6 is 0 Å². The Kier molecular flexibility index (Phi) is 5.72. The largest absolute Gasteiger partial charge is 0.355 e. The number of H-pyrrole nitrogens is 2. The van der Waals surface area contributed by atoms with Gasteiger partial charge in [-0.3, -0.25) is 0 Å². The van der Waals surface area contributed by atoms with Crippen molar-refractivity contribution in [1.82, 2.24) is 19.9 Å². The van der Waals surface area contributed by atoms with Gasteiger partial charge in [-0.15, -0.1) is 0 Å². The van der Waals surface area contributed by atoms with E-state index >= 15 is 0 Å². The number of nitrogens with one attached hydrogen (secondary N) is 2. The molecule has 0 saturated carbocycles. The van der Waals surface area contributed by atoms with Crippen LogP contribution in [0.5, 0.6) is 0 Å². The van der Waals surface area contributed by atoms with Gasteiger partial charge in [-0.1, -0.05) is 61.7 Å². The highest BCUT2D eigenvalue weighted by Crippen LogP contribution is 2.33. The summed E-state index contributed by atoms with van der Waals surface area (Å²) in [7, 11) is 0. The zero-order chi connectivity index (χ0) is 27.1. The summed E-state index contributed by atoms with van der Waals surface area (Å²) < 4.78 is 0. The molecule has 2 N–H and O–H groups in total. The zero-order valence-corrected chi connectivity index (χ0v) is 21.9. The molecule has 5 heterocycles. The van der Waals surface area contributed by atoms with E-state index in [-0.39, 0.29) is 0 Å². The molecule has 0 radical (unpaired) electrons. The van der Waals surface area contributed by atoms with Gasteiger partial charge in [0.05, 0.1) is 22.8 Å². The Labute approximate surface area is 232 Å². The van der Waals surface area contributed by atoms with Gasteiger partial charge >= 0.3 is 0 Å². The van der Waals surface area contributed by atoms with Gasteiger partial charge in [0.25, 0.3) is 0 Å². The number of rotatable bonds is 4. The molecular weight excluding hydrogens is 488 g/mol. The molecule has 0 amide bonds. The molecule has 0 spiro atoms. The monoisotopic (exact) mass is 514 g/mol. The van der Waals surface area contributed by atoms with Gasteiger partial charge in [0.15, 0.2) is 0 Å². The standard InChI is InChI=1S/C36H26N4/c1-3-23-7-5-9-25(19-23)35-31-15-11-27(37-31)21-29-13-17-33(39-29)36(26-10-6-8-24(4-2)20-26)34-18-14-30(40-34)22-28-12-16-32(35)38-28/h3-22,37,40H,1-2H2. The van der Waals surface area contributed by atoms with Crippen molar-refractivity contribution in [2.24, 2.45) is 0 Å². The SMILES string of the molecule is C=Cc1cccc(-c2c3nc(cc4ccc([nH]4)c(-c4cccc(C=C)c4)c4nc(cc5ccc2[nH]5)C=C4)C=C3)c1. The van der Waals surface area contributed by atoms with Crippen LogP contribution in [0.2, 0.25) is 0 Å². The van der Waals surface area contributed by atoms with Crippen LogP contribution in [-0.4, -0.2) is 19.9 Å². The smallest absolute Gasteiger partial charge is 0.0736 e. The Morgan fingerprint density at radius 2 is 1.00 bits per heavy atom. The Balaban J connectivity index is 1.56. The average Bonchev–Trinajstić information content (AvgIpc) is 3.80. The molecule has 8 bridgehead atoms. The van der Waals surface area contributed by atoms with Gasteiger partial charge in [0, 0.05) is 33.2 Å². The lowest BCUT2D eigenvalue weighted by atomic mass is 10.0. The first-order chi connectivity index (χ1) is 19.7. The molecule has 4 heteroatoms. The van der Waals surface area contributed by atoms with Gasteiger partial charge in [0.2, 0.25) is 0 Å². The molecule has 0 saturated heterocycles. The summed E-state index contributed by atoms with van der Waals surface area (Å²) in [6, 6.07) is 29.3. The van der Waals surface area contributed by atoms with Crippen LogP contribution < -0.4 is 0 Å². The number of aromatic nitrogens is 4. The lowest BCUT2D eigenvalue weighted by Gasteiger charge is -2.05. The second kappa shape index (κ2) is 9.68. The molecule has 5 aromatic rings. The van der Waals surface area contributed by atoms with E-state index in [4.69, 9.17) is 9.97 Å². The molecule has 190 valence electrons. The van der Waals surface area contributed by atoms with Crippen LogP contribution in [-0.2, 0) is 0 Å². The third-order valence-electron chi connectivity index (χ3n) is 7.22. The van der Waals surface area contributed by atoms with E-state index in [0.717, 1.165) is 78.2 Å². The van der Waals surface area contributed by atoms with E-state index < -0.39 is 0 Å². The van der Waals surface area contributed by atoms with Crippen molar-refractivity contribution < 1.29 is 0 Å². The summed E-state index contributed by atoms with van der Waals surface area (Å²) in [6.45, 7) is 7.91. The molecule has 2 aliphatic heterocycles. The summed E-state index contributed by atoms with van der Waals surface area (Å²) in [5.41, 5.74) is 13.9. The fourth-order valence-corrected chi connectivity index (χ4v) is 5.32. The van der Waals surface area contributed by atoms with Gasteiger partial charge in [-0.2, -0.15) is 0 Å². The first-order valence-electron chi connectivity index (χ1n) is 13.2. The van der Waals surface area contributed by atoms with Crippen LogP contribution in [0.1, 0.15) is 33.9 Å². The van der Waals surface area contributed by atoms with Crippen LogP contribution in [0.4, 0.5) is 0 Å². The van der Waals surface area contributed by atoms with E-state index in [0.29, 0.717) is 0 Å². The highest BCUT2D eigenvalue weighted by atomic mass is 14.8. The maximum Gasteiger partial charge on any atom is 0.0736 e. The van der Waals surface area contributed by atoms with Crippen LogP contribution in [0.3, 0.4) is 0 Å². The Hall–Kier alpha value is -5.48. The third-order valence-corrected chi connectivity index (χ3v) is 7.22. The molecular formula is C36H26N4. The molecule has 0 atom stereocenters. The molecule has 2 aromatic carbocycles. The van der Waals surface area contributed by atoms with Crippen molar-refractivity contribution in [2.45, 2.75) is 0 Å². The van der Waals surface area contributed by atoms with Crippen LogP contribution in [0, 0.1) is 0 Å². The summed E-state index contributed by atoms with van der Waals surface area (Å²) in [4.78, 5) is 17.3. The fraction of sp³-hybridized carbons (Fsp3) is 0. The predicted octanol–water partition coefficient (Wildman–Crippen LogP) is 9.28. The molecule has 0 aliphatic carbocycles. The number of fused-ring (bicyclic) bond motifs is 8.